The standard InChI is InChI=1S/C20H21N5O3S/c1-13(15-5-7-21-16-6-8-28-20(15)16)10-22-18-9-17(24-12-25-18)14-3-4-19(23-11-14)29(2,26)27/h3-5,7,9,11-13H,6,8,10H2,1-2H3,(H,22,24,25)/t13-/m1/s1. The van der Waals surface area contributed by atoms with Gasteiger partial charge < -0.3 is 10.1 Å². The van der Waals surface area contributed by atoms with Gasteiger partial charge in [0.2, 0.25) is 0 Å². The van der Waals surface area contributed by atoms with Gasteiger partial charge in [-0.15, -0.1) is 0 Å². The van der Waals surface area contributed by atoms with Crippen molar-refractivity contribution in [3.05, 3.63) is 54.2 Å². The summed E-state index contributed by atoms with van der Waals surface area (Å²) in [4.78, 5) is 16.9. The van der Waals surface area contributed by atoms with E-state index in [1.807, 2.05) is 18.3 Å². The molecule has 29 heavy (non-hydrogen) atoms. The van der Waals surface area contributed by atoms with E-state index >= 15 is 0 Å². The molecule has 0 unspecified atom stereocenters. The topological polar surface area (TPSA) is 107 Å². The highest BCUT2D eigenvalue weighted by molar-refractivity contribution is 7.90. The molecule has 0 amide bonds. The van der Waals surface area contributed by atoms with E-state index < -0.39 is 9.84 Å². The number of ether oxygens (including phenoxy) is 1. The number of rotatable bonds is 6. The first-order chi connectivity index (χ1) is 13.9. The first-order valence-electron chi connectivity index (χ1n) is 9.25. The molecule has 1 aliphatic heterocycles. The summed E-state index contributed by atoms with van der Waals surface area (Å²) in [7, 11) is -3.33. The Labute approximate surface area is 169 Å². The van der Waals surface area contributed by atoms with Crippen molar-refractivity contribution >= 4 is 15.7 Å². The van der Waals surface area contributed by atoms with Gasteiger partial charge in [0.05, 0.1) is 18.0 Å². The van der Waals surface area contributed by atoms with Crippen LogP contribution in [0.25, 0.3) is 11.3 Å². The van der Waals surface area contributed by atoms with Crippen molar-refractivity contribution < 1.29 is 13.2 Å². The van der Waals surface area contributed by atoms with Crippen molar-refractivity contribution in [2.75, 3.05) is 24.7 Å². The summed E-state index contributed by atoms with van der Waals surface area (Å²) in [6.45, 7) is 3.47. The third-order valence-corrected chi connectivity index (χ3v) is 5.79. The van der Waals surface area contributed by atoms with Gasteiger partial charge in [-0.25, -0.2) is 23.4 Å². The number of nitrogens with one attached hydrogen (secondary N) is 1. The highest BCUT2D eigenvalue weighted by atomic mass is 32.2. The fraction of sp³-hybridized carbons (Fsp3) is 0.300. The molecule has 0 bridgehead atoms. The van der Waals surface area contributed by atoms with Gasteiger partial charge in [0.1, 0.15) is 17.9 Å². The van der Waals surface area contributed by atoms with Crippen LogP contribution in [0.3, 0.4) is 0 Å². The summed E-state index contributed by atoms with van der Waals surface area (Å²) in [5.74, 6) is 1.79. The average Bonchev–Trinajstić information content (AvgIpc) is 3.20. The van der Waals surface area contributed by atoms with E-state index in [1.165, 1.54) is 18.6 Å². The van der Waals surface area contributed by atoms with Crippen molar-refractivity contribution in [2.24, 2.45) is 0 Å². The van der Waals surface area contributed by atoms with E-state index in [1.54, 1.807) is 6.07 Å². The zero-order chi connectivity index (χ0) is 20.4. The van der Waals surface area contributed by atoms with Crippen molar-refractivity contribution in [3.8, 4) is 17.0 Å². The van der Waals surface area contributed by atoms with Crippen LogP contribution in [-0.4, -0.2) is 47.8 Å². The number of fused-ring (bicyclic) bond motifs is 1. The molecule has 3 aromatic rings. The molecule has 0 aliphatic carbocycles. The van der Waals surface area contributed by atoms with Crippen LogP contribution < -0.4 is 10.1 Å². The van der Waals surface area contributed by atoms with E-state index in [0.29, 0.717) is 24.7 Å². The first kappa shape index (κ1) is 19.3. The second-order valence-corrected chi connectivity index (χ2v) is 8.96. The summed E-state index contributed by atoms with van der Waals surface area (Å²) in [5, 5.41) is 3.37. The number of pyridine rings is 2. The van der Waals surface area contributed by atoms with E-state index in [9.17, 15) is 8.42 Å². The average molecular weight is 411 g/mol. The van der Waals surface area contributed by atoms with Gasteiger partial charge in [-0.3, -0.25) is 4.98 Å². The van der Waals surface area contributed by atoms with Crippen LogP contribution in [0.2, 0.25) is 0 Å². The molecule has 150 valence electrons. The SMILES string of the molecule is C[C@H](CNc1cc(-c2ccc(S(C)(=O)=O)nc2)ncn1)c1ccnc2c1OCC2. The van der Waals surface area contributed by atoms with Crippen molar-refractivity contribution in [3.63, 3.8) is 0 Å². The van der Waals surface area contributed by atoms with Crippen LogP contribution in [0.4, 0.5) is 5.82 Å². The summed E-state index contributed by atoms with van der Waals surface area (Å²) >= 11 is 0. The Bertz CT molecular complexity index is 1130. The smallest absolute Gasteiger partial charge is 0.192 e. The monoisotopic (exact) mass is 411 g/mol. The molecule has 1 N–H and O–H groups in total. The molecule has 0 saturated heterocycles. The zero-order valence-electron chi connectivity index (χ0n) is 16.2. The maximum atomic E-state index is 11.6. The lowest BCUT2D eigenvalue weighted by atomic mass is 10.00. The second kappa shape index (κ2) is 7.75. The van der Waals surface area contributed by atoms with E-state index in [2.05, 4.69) is 32.2 Å². The summed E-state index contributed by atoms with van der Waals surface area (Å²) in [6, 6.07) is 6.98. The van der Waals surface area contributed by atoms with Gasteiger partial charge in [-0.05, 0) is 18.2 Å². The normalized spacial score (nSPS) is 14.1. The lowest BCUT2D eigenvalue weighted by molar-refractivity contribution is 0.352. The van der Waals surface area contributed by atoms with Gasteiger partial charge in [0.15, 0.2) is 14.9 Å². The molecule has 4 heterocycles. The van der Waals surface area contributed by atoms with Crippen LogP contribution >= 0.6 is 0 Å². The maximum Gasteiger partial charge on any atom is 0.192 e. The Morgan fingerprint density at radius 1 is 1.17 bits per heavy atom. The molecule has 8 nitrogen and oxygen atoms in total. The molecule has 0 fully saturated rings. The number of anilines is 1. The van der Waals surface area contributed by atoms with Crippen LogP contribution in [0.15, 0.2) is 48.0 Å². The van der Waals surface area contributed by atoms with E-state index in [4.69, 9.17) is 4.74 Å². The largest absolute Gasteiger partial charge is 0.491 e. The molecule has 9 heteroatoms. The van der Waals surface area contributed by atoms with E-state index in [0.717, 1.165) is 35.2 Å². The highest BCUT2D eigenvalue weighted by Crippen LogP contribution is 2.33. The van der Waals surface area contributed by atoms with Gasteiger partial charge in [0, 0.05) is 54.7 Å². The third-order valence-electron chi connectivity index (χ3n) is 4.79. The van der Waals surface area contributed by atoms with Crippen LogP contribution in [0.1, 0.15) is 24.1 Å². The number of sulfone groups is 1. The Morgan fingerprint density at radius 2 is 2.03 bits per heavy atom. The molecule has 1 atom stereocenters. The first-order valence-corrected chi connectivity index (χ1v) is 11.1. The van der Waals surface area contributed by atoms with Crippen LogP contribution in [0, 0.1) is 0 Å². The second-order valence-electron chi connectivity index (χ2n) is 7.00. The number of nitrogens with zero attached hydrogens (tertiary/aromatic N) is 4. The van der Waals surface area contributed by atoms with Gasteiger partial charge in [0.25, 0.3) is 0 Å². The zero-order valence-corrected chi connectivity index (χ0v) is 17.0. The summed E-state index contributed by atoms with van der Waals surface area (Å²) in [6.07, 6.45) is 6.79. The van der Waals surface area contributed by atoms with Gasteiger partial charge in [-0.1, -0.05) is 6.92 Å². The van der Waals surface area contributed by atoms with Crippen molar-refractivity contribution in [1.82, 2.24) is 19.9 Å². The molecule has 4 rings (SSSR count). The minimum Gasteiger partial charge on any atom is -0.491 e. The number of aromatic nitrogens is 4. The molecule has 0 aromatic carbocycles. The lowest BCUT2D eigenvalue weighted by Crippen LogP contribution is -2.12. The predicted molar refractivity (Wildman–Crippen MR) is 109 cm³/mol. The molecule has 0 spiro atoms. The Hall–Kier alpha value is -3.07. The predicted octanol–water partition coefficient (Wildman–Crippen LogP) is 2.49. The minimum atomic E-state index is -3.33. The third kappa shape index (κ3) is 4.19. The maximum absolute atomic E-state index is 11.6. The Kier molecular flexibility index (Phi) is 5.14. The molecule has 3 aromatic heterocycles. The fourth-order valence-corrected chi connectivity index (χ4v) is 3.78. The van der Waals surface area contributed by atoms with E-state index in [-0.39, 0.29) is 10.9 Å². The lowest BCUT2D eigenvalue weighted by Gasteiger charge is -2.16. The summed E-state index contributed by atoms with van der Waals surface area (Å²) in [5.41, 5.74) is 3.53. The number of hydrogen-bond acceptors (Lipinski definition) is 8. The van der Waals surface area contributed by atoms with Crippen LogP contribution in [-0.2, 0) is 16.3 Å². The molecular formula is C20H21N5O3S. The Balaban J connectivity index is 1.48. The molecular weight excluding hydrogens is 390 g/mol. The molecule has 0 saturated carbocycles. The van der Waals surface area contributed by atoms with Crippen LogP contribution in [0.5, 0.6) is 5.75 Å². The van der Waals surface area contributed by atoms with Gasteiger partial charge in [-0.2, -0.15) is 0 Å². The van der Waals surface area contributed by atoms with Gasteiger partial charge >= 0.3 is 0 Å². The molecule has 0 radical (unpaired) electrons. The molecule has 1 aliphatic rings. The minimum absolute atomic E-state index is 0.0366. The summed E-state index contributed by atoms with van der Waals surface area (Å²) < 4.78 is 28.9. The fourth-order valence-electron chi connectivity index (χ4n) is 3.22. The Morgan fingerprint density at radius 3 is 2.79 bits per heavy atom. The quantitative estimate of drug-likeness (QED) is 0.659. The highest BCUT2D eigenvalue weighted by Gasteiger charge is 2.20. The van der Waals surface area contributed by atoms with Crippen molar-refractivity contribution in [1.29, 1.82) is 0 Å². The number of hydrogen-bond donors (Lipinski definition) is 1. The van der Waals surface area contributed by atoms with Crippen molar-refractivity contribution in [2.45, 2.75) is 24.3 Å².